The van der Waals surface area contributed by atoms with E-state index in [-0.39, 0.29) is 21.1 Å². The zero-order valence-electron chi connectivity index (χ0n) is 27.6. The number of anilines is 6. The summed E-state index contributed by atoms with van der Waals surface area (Å²) in [4.78, 5) is 34.8. The monoisotopic (exact) mass is 823 g/mol. The Hall–Kier alpha value is -5.34. The van der Waals surface area contributed by atoms with Crippen LogP contribution >= 0.6 is 0 Å². The van der Waals surface area contributed by atoms with E-state index >= 15 is 0 Å². The molecule has 3 aromatic carbocycles. The summed E-state index contributed by atoms with van der Waals surface area (Å²) in [5.74, 6) is 3.15. The van der Waals surface area contributed by atoms with Crippen molar-refractivity contribution in [3.05, 3.63) is 128 Å². The summed E-state index contributed by atoms with van der Waals surface area (Å²) in [6.07, 6.45) is 10.5. The van der Waals surface area contributed by atoms with Crippen LogP contribution in [0.25, 0.3) is 32.9 Å². The molecular formula is C38H32N10Pt. The average Bonchev–Trinajstić information content (AvgIpc) is 3.76. The molecule has 0 saturated carbocycles. The molecular weight excluding hydrogens is 792 g/mol. The Morgan fingerprint density at radius 3 is 1.76 bits per heavy atom. The van der Waals surface area contributed by atoms with Gasteiger partial charge in [0.2, 0.25) is 0 Å². The molecule has 2 aliphatic rings. The van der Waals surface area contributed by atoms with E-state index in [0.717, 1.165) is 51.2 Å². The van der Waals surface area contributed by atoms with Crippen LogP contribution in [0.4, 0.5) is 34.6 Å². The van der Waals surface area contributed by atoms with Gasteiger partial charge >= 0.3 is 21.1 Å². The second-order valence-electron chi connectivity index (χ2n) is 12.0. The topological polar surface area (TPSA) is 91.5 Å². The van der Waals surface area contributed by atoms with Crippen LogP contribution in [-0.2, 0) is 21.1 Å². The Balaban J connectivity index is 0.000000225. The van der Waals surface area contributed by atoms with Crippen molar-refractivity contribution in [2.24, 2.45) is 0 Å². The van der Waals surface area contributed by atoms with Gasteiger partial charge in [-0.15, -0.1) is 59.5 Å². The van der Waals surface area contributed by atoms with Crippen molar-refractivity contribution in [1.82, 2.24) is 29.9 Å². The fourth-order valence-electron chi connectivity index (χ4n) is 6.61. The van der Waals surface area contributed by atoms with Crippen LogP contribution in [0.2, 0.25) is 0 Å². The molecule has 2 aliphatic heterocycles. The average molecular weight is 824 g/mol. The van der Waals surface area contributed by atoms with E-state index in [1.54, 1.807) is 37.2 Å². The van der Waals surface area contributed by atoms with Crippen molar-refractivity contribution in [1.29, 1.82) is 0 Å². The molecule has 0 spiro atoms. The molecule has 7 aromatic rings. The number of hydrogen-bond acceptors (Lipinski definition) is 9. The zero-order chi connectivity index (χ0) is 32.9. The maximum Gasteiger partial charge on any atom is 4.00 e. The molecule has 4 aromatic heterocycles. The van der Waals surface area contributed by atoms with Crippen molar-refractivity contribution < 1.29 is 21.1 Å². The van der Waals surface area contributed by atoms with Crippen molar-refractivity contribution in [2.45, 2.75) is 20.8 Å². The van der Waals surface area contributed by atoms with E-state index in [1.807, 2.05) is 71.3 Å². The molecule has 0 N–H and O–H groups in total. The minimum absolute atomic E-state index is 0. The number of para-hydroxylation sites is 1. The number of fused-ring (bicyclic) bond motifs is 5. The second kappa shape index (κ2) is 12.9. The Morgan fingerprint density at radius 2 is 1.16 bits per heavy atom. The maximum atomic E-state index is 4.61. The first-order valence-electron chi connectivity index (χ1n) is 15.6. The largest absolute Gasteiger partial charge is 4.00 e. The molecule has 0 radical (unpaired) electrons. The summed E-state index contributed by atoms with van der Waals surface area (Å²) in [7, 11) is 3.95. The van der Waals surface area contributed by atoms with E-state index < -0.39 is 0 Å². The van der Waals surface area contributed by atoms with Gasteiger partial charge in [0, 0.05) is 37.2 Å². The number of aryl methyl sites for hydroxylation is 3. The standard InChI is InChI=1S/C27H25N8.C11H7N2.Pt/c1-17-10-18(2)23(19(3)11-17)20-12-21(34-15-32(4)24-26(34)30-8-6-28-24)14-22(13-20)35-16-33(5)25-27(35)31-9-7-29-25;1-2-4-10-8(3-1)9-5-6-12-7-11(9)13-10;/h6-13,15-16H,1-5H3;1-7H;/q-3;-1;+4. The number of pyridine rings is 1. The van der Waals surface area contributed by atoms with Gasteiger partial charge in [-0.05, 0) is 68.4 Å². The van der Waals surface area contributed by atoms with E-state index in [4.69, 9.17) is 0 Å². The molecule has 11 heteroatoms. The van der Waals surface area contributed by atoms with Crippen LogP contribution in [0.1, 0.15) is 16.7 Å². The van der Waals surface area contributed by atoms with Crippen LogP contribution in [0.3, 0.4) is 0 Å². The van der Waals surface area contributed by atoms with Crippen molar-refractivity contribution in [2.75, 3.05) is 33.7 Å². The molecule has 10 nitrogen and oxygen atoms in total. The summed E-state index contributed by atoms with van der Waals surface area (Å²) in [5, 5.41) is 2.39. The van der Waals surface area contributed by atoms with Gasteiger partial charge in [-0.1, -0.05) is 42.0 Å². The van der Waals surface area contributed by atoms with Crippen LogP contribution < -0.4 is 24.6 Å². The minimum atomic E-state index is 0. The molecule has 0 fully saturated rings. The maximum absolute atomic E-state index is 4.61. The van der Waals surface area contributed by atoms with Gasteiger partial charge < -0.3 is 24.6 Å². The van der Waals surface area contributed by atoms with Gasteiger partial charge in [0.25, 0.3) is 0 Å². The molecule has 0 saturated heterocycles. The van der Waals surface area contributed by atoms with E-state index in [0.29, 0.717) is 0 Å². The Labute approximate surface area is 299 Å². The van der Waals surface area contributed by atoms with Crippen LogP contribution in [0.5, 0.6) is 0 Å². The Bertz CT molecular complexity index is 2170. The summed E-state index contributed by atoms with van der Waals surface area (Å²) >= 11 is 0. The third kappa shape index (κ3) is 5.76. The number of rotatable bonds is 3. The fourth-order valence-corrected chi connectivity index (χ4v) is 6.61. The molecule has 0 aliphatic carbocycles. The van der Waals surface area contributed by atoms with Gasteiger partial charge in [-0.25, -0.2) is 19.9 Å². The molecule has 6 heterocycles. The van der Waals surface area contributed by atoms with Crippen molar-refractivity contribution in [3.63, 3.8) is 0 Å². The predicted molar refractivity (Wildman–Crippen MR) is 191 cm³/mol. The van der Waals surface area contributed by atoms with E-state index in [9.17, 15) is 0 Å². The van der Waals surface area contributed by atoms with Crippen molar-refractivity contribution >= 4 is 56.5 Å². The molecule has 0 unspecified atom stereocenters. The summed E-state index contributed by atoms with van der Waals surface area (Å²) < 4.78 is 0. The molecule has 9 rings (SSSR count). The molecule has 0 atom stereocenters. The van der Waals surface area contributed by atoms with Gasteiger partial charge in [0.05, 0.1) is 0 Å². The smallest absolute Gasteiger partial charge is 0.656 e. The first kappa shape index (κ1) is 32.2. The van der Waals surface area contributed by atoms with Crippen LogP contribution in [0, 0.1) is 40.2 Å². The molecule has 244 valence electrons. The summed E-state index contributed by atoms with van der Waals surface area (Å²) in [5.41, 5.74) is 9.80. The first-order chi connectivity index (χ1) is 23.4. The number of aromatic nitrogens is 6. The molecule has 0 bridgehead atoms. The fraction of sp³-hybridized carbons (Fsp3) is 0.132. The van der Waals surface area contributed by atoms with Gasteiger partial charge in [-0.3, -0.25) is 4.98 Å². The first-order valence-corrected chi connectivity index (χ1v) is 15.6. The van der Waals surface area contributed by atoms with E-state index in [1.165, 1.54) is 33.0 Å². The van der Waals surface area contributed by atoms with Crippen LogP contribution in [0.15, 0.2) is 91.8 Å². The normalized spacial score (nSPS) is 13.3. The summed E-state index contributed by atoms with van der Waals surface area (Å²) in [6.45, 7) is 10.4. The second-order valence-corrected chi connectivity index (χ2v) is 12.0. The van der Waals surface area contributed by atoms with Gasteiger partial charge in [0.1, 0.15) is 23.3 Å². The number of hydrogen-bond donors (Lipinski definition) is 0. The third-order valence-corrected chi connectivity index (χ3v) is 8.58. The molecule has 49 heavy (non-hydrogen) atoms. The number of nitrogens with zero attached hydrogens (tertiary/aromatic N) is 10. The predicted octanol–water partition coefficient (Wildman–Crippen LogP) is 7.42. The minimum Gasteiger partial charge on any atom is -0.656 e. The van der Waals surface area contributed by atoms with Crippen LogP contribution in [-0.4, -0.2) is 39.0 Å². The van der Waals surface area contributed by atoms with E-state index in [2.05, 4.69) is 87.1 Å². The number of benzene rings is 3. The van der Waals surface area contributed by atoms with Crippen molar-refractivity contribution in [3.8, 4) is 11.1 Å². The zero-order valence-corrected chi connectivity index (χ0v) is 29.9. The Morgan fingerprint density at radius 1 is 0.633 bits per heavy atom. The third-order valence-electron chi connectivity index (χ3n) is 8.58. The Kier molecular flexibility index (Phi) is 8.50. The van der Waals surface area contributed by atoms with Gasteiger partial charge in [0.15, 0.2) is 0 Å². The SMILES string of the molecule is Cc1cc(C)c(-c2cc(N3[CH-]N(C)c4nccnc43)[c-]c(N3[CH-]N(C)c4nccnc43)c2)c(C)c1.[Pt+4].c1ccc2c(c1)[n-]c1cnccc12. The summed E-state index contributed by atoms with van der Waals surface area (Å²) in [6, 6.07) is 22.5. The van der Waals surface area contributed by atoms with Gasteiger partial charge in [-0.2, -0.15) is 0 Å². The molecule has 0 amide bonds. The quantitative estimate of drug-likeness (QED) is 0.168.